The summed E-state index contributed by atoms with van der Waals surface area (Å²) in [6.45, 7) is 0.969. The average molecular weight is 349 g/mol. The second-order valence-corrected chi connectivity index (χ2v) is 8.70. The quantitative estimate of drug-likeness (QED) is 0.834. The van der Waals surface area contributed by atoms with Crippen molar-refractivity contribution >= 4 is 10.0 Å². The lowest BCUT2D eigenvalue weighted by atomic mass is 10.0. The van der Waals surface area contributed by atoms with Gasteiger partial charge in [0.2, 0.25) is 15.9 Å². The number of rotatable bonds is 4. The van der Waals surface area contributed by atoms with Gasteiger partial charge in [0.1, 0.15) is 17.7 Å². The SMILES string of the molecule is N#Cc1cccnc1OC1CCN(S(=O)(=O)C2CCCCC2)CC1. The highest BCUT2D eigenvalue weighted by Crippen LogP contribution is 2.28. The van der Waals surface area contributed by atoms with E-state index in [1.54, 1.807) is 22.6 Å². The number of ether oxygens (including phenoxy) is 1. The van der Waals surface area contributed by atoms with E-state index >= 15 is 0 Å². The van der Waals surface area contributed by atoms with Gasteiger partial charge in [-0.05, 0) is 37.8 Å². The molecule has 0 bridgehead atoms. The van der Waals surface area contributed by atoms with Gasteiger partial charge in [-0.25, -0.2) is 17.7 Å². The Morgan fingerprint density at radius 1 is 1.17 bits per heavy atom. The molecule has 1 aromatic rings. The first kappa shape index (κ1) is 17.2. The van der Waals surface area contributed by atoms with Crippen molar-refractivity contribution in [2.24, 2.45) is 0 Å². The van der Waals surface area contributed by atoms with Gasteiger partial charge in [0.15, 0.2) is 0 Å². The predicted octanol–water partition coefficient (Wildman–Crippen LogP) is 2.46. The molecule has 3 rings (SSSR count). The fourth-order valence-electron chi connectivity index (χ4n) is 3.51. The van der Waals surface area contributed by atoms with Crippen LogP contribution >= 0.6 is 0 Å². The minimum atomic E-state index is -3.18. The molecular formula is C17H23N3O3S. The van der Waals surface area contributed by atoms with Crippen molar-refractivity contribution in [3.8, 4) is 11.9 Å². The second-order valence-electron chi connectivity index (χ2n) is 6.49. The Balaban J connectivity index is 1.58. The molecule has 0 unspecified atom stereocenters. The van der Waals surface area contributed by atoms with Crippen LogP contribution in [0.3, 0.4) is 0 Å². The summed E-state index contributed by atoms with van der Waals surface area (Å²) in [5.41, 5.74) is 0.412. The van der Waals surface area contributed by atoms with Gasteiger partial charge in [0.25, 0.3) is 0 Å². The Bertz CT molecular complexity index is 700. The van der Waals surface area contributed by atoms with E-state index in [2.05, 4.69) is 11.1 Å². The Labute approximate surface area is 143 Å². The van der Waals surface area contributed by atoms with Gasteiger partial charge in [-0.3, -0.25) is 0 Å². The number of aromatic nitrogens is 1. The van der Waals surface area contributed by atoms with Gasteiger partial charge < -0.3 is 4.74 Å². The van der Waals surface area contributed by atoms with Crippen LogP contribution in [-0.2, 0) is 10.0 Å². The molecule has 0 N–H and O–H groups in total. The van der Waals surface area contributed by atoms with Crippen molar-refractivity contribution in [3.63, 3.8) is 0 Å². The molecule has 24 heavy (non-hydrogen) atoms. The third kappa shape index (κ3) is 3.70. The van der Waals surface area contributed by atoms with Crippen molar-refractivity contribution in [2.75, 3.05) is 13.1 Å². The van der Waals surface area contributed by atoms with Gasteiger partial charge in [0.05, 0.1) is 5.25 Å². The number of sulfonamides is 1. The lowest BCUT2D eigenvalue weighted by Crippen LogP contribution is -2.46. The van der Waals surface area contributed by atoms with Crippen LogP contribution in [-0.4, -0.2) is 42.2 Å². The summed E-state index contributed by atoms with van der Waals surface area (Å²) in [5, 5.41) is 8.88. The van der Waals surface area contributed by atoms with E-state index in [4.69, 9.17) is 10.00 Å². The number of nitriles is 1. The maximum Gasteiger partial charge on any atom is 0.231 e. The minimum absolute atomic E-state index is 0.0928. The summed E-state index contributed by atoms with van der Waals surface area (Å²) >= 11 is 0. The highest BCUT2D eigenvalue weighted by molar-refractivity contribution is 7.89. The van der Waals surface area contributed by atoms with Crippen molar-refractivity contribution in [1.29, 1.82) is 5.26 Å². The molecule has 7 heteroatoms. The molecule has 1 aliphatic carbocycles. The Kier molecular flexibility index (Phi) is 5.36. The summed E-state index contributed by atoms with van der Waals surface area (Å²) in [7, 11) is -3.18. The van der Waals surface area contributed by atoms with E-state index in [0.29, 0.717) is 37.4 Å². The summed E-state index contributed by atoms with van der Waals surface area (Å²) in [4.78, 5) is 4.11. The van der Waals surface area contributed by atoms with Crippen LogP contribution in [0.25, 0.3) is 0 Å². The van der Waals surface area contributed by atoms with Gasteiger partial charge in [-0.1, -0.05) is 19.3 Å². The predicted molar refractivity (Wildman–Crippen MR) is 90.0 cm³/mol. The molecule has 130 valence electrons. The summed E-state index contributed by atoms with van der Waals surface area (Å²) in [6.07, 6.45) is 7.52. The third-order valence-corrected chi connectivity index (χ3v) is 7.30. The number of piperidine rings is 1. The van der Waals surface area contributed by atoms with Crippen molar-refractivity contribution in [2.45, 2.75) is 56.3 Å². The zero-order valence-corrected chi connectivity index (χ0v) is 14.5. The van der Waals surface area contributed by atoms with Crippen molar-refractivity contribution in [3.05, 3.63) is 23.9 Å². The van der Waals surface area contributed by atoms with Crippen LogP contribution < -0.4 is 4.74 Å². The molecular weight excluding hydrogens is 326 g/mol. The molecule has 0 amide bonds. The molecule has 2 heterocycles. The highest BCUT2D eigenvalue weighted by Gasteiger charge is 2.35. The lowest BCUT2D eigenvalue weighted by Gasteiger charge is -2.34. The molecule has 1 aliphatic heterocycles. The number of nitrogens with zero attached hydrogens (tertiary/aromatic N) is 3. The first-order valence-corrected chi connectivity index (χ1v) is 10.1. The van der Waals surface area contributed by atoms with Crippen LogP contribution in [0.2, 0.25) is 0 Å². The fraction of sp³-hybridized carbons (Fsp3) is 0.647. The zero-order valence-electron chi connectivity index (χ0n) is 13.7. The standard InChI is InChI=1S/C17H23N3O3S/c18-13-14-5-4-10-19-17(14)23-15-8-11-20(12-9-15)24(21,22)16-6-2-1-3-7-16/h4-5,10,15-16H,1-3,6-9,11-12H2. The zero-order chi connectivity index (χ0) is 17.0. The highest BCUT2D eigenvalue weighted by atomic mass is 32.2. The van der Waals surface area contributed by atoms with E-state index in [9.17, 15) is 8.42 Å². The summed E-state index contributed by atoms with van der Waals surface area (Å²) < 4.78 is 32.9. The maximum absolute atomic E-state index is 12.7. The van der Waals surface area contributed by atoms with E-state index in [0.717, 1.165) is 32.1 Å². The van der Waals surface area contributed by atoms with Gasteiger partial charge in [0, 0.05) is 19.3 Å². The van der Waals surface area contributed by atoms with Crippen molar-refractivity contribution in [1.82, 2.24) is 9.29 Å². The van der Waals surface area contributed by atoms with E-state index in [-0.39, 0.29) is 11.4 Å². The van der Waals surface area contributed by atoms with E-state index in [1.165, 1.54) is 0 Å². The minimum Gasteiger partial charge on any atom is -0.473 e. The molecule has 0 aromatic carbocycles. The number of hydrogen-bond donors (Lipinski definition) is 0. The van der Waals surface area contributed by atoms with Crippen molar-refractivity contribution < 1.29 is 13.2 Å². The molecule has 0 radical (unpaired) electrons. The Morgan fingerprint density at radius 3 is 2.54 bits per heavy atom. The maximum atomic E-state index is 12.7. The number of pyridine rings is 1. The van der Waals surface area contributed by atoms with E-state index < -0.39 is 10.0 Å². The number of hydrogen-bond acceptors (Lipinski definition) is 5. The molecule has 2 aliphatic rings. The normalized spacial score (nSPS) is 21.3. The van der Waals surface area contributed by atoms with Crippen LogP contribution in [0.4, 0.5) is 0 Å². The summed E-state index contributed by atoms with van der Waals surface area (Å²) in [6, 6.07) is 5.44. The fourth-order valence-corrected chi connectivity index (χ4v) is 5.58. The average Bonchev–Trinajstić information content (AvgIpc) is 2.63. The van der Waals surface area contributed by atoms with Crippen LogP contribution in [0.1, 0.15) is 50.5 Å². The van der Waals surface area contributed by atoms with E-state index in [1.807, 2.05) is 0 Å². The molecule has 0 spiro atoms. The monoisotopic (exact) mass is 349 g/mol. The Hall–Kier alpha value is -1.65. The molecule has 1 aromatic heterocycles. The van der Waals surface area contributed by atoms with Crippen LogP contribution in [0.15, 0.2) is 18.3 Å². The molecule has 2 fully saturated rings. The van der Waals surface area contributed by atoms with Crippen LogP contribution in [0, 0.1) is 11.3 Å². The molecule has 1 saturated heterocycles. The Morgan fingerprint density at radius 2 is 1.88 bits per heavy atom. The van der Waals surface area contributed by atoms with Gasteiger partial charge in [-0.15, -0.1) is 0 Å². The first-order chi connectivity index (χ1) is 11.6. The lowest BCUT2D eigenvalue weighted by molar-refractivity contribution is 0.129. The topological polar surface area (TPSA) is 83.3 Å². The van der Waals surface area contributed by atoms with Gasteiger partial charge in [-0.2, -0.15) is 5.26 Å². The molecule has 1 saturated carbocycles. The first-order valence-electron chi connectivity index (χ1n) is 8.62. The van der Waals surface area contributed by atoms with Gasteiger partial charge >= 0.3 is 0 Å². The second kappa shape index (κ2) is 7.49. The smallest absolute Gasteiger partial charge is 0.231 e. The summed E-state index contributed by atoms with van der Waals surface area (Å²) in [5.74, 6) is 0.341. The third-order valence-electron chi connectivity index (χ3n) is 4.90. The molecule has 6 nitrogen and oxygen atoms in total. The van der Waals surface area contributed by atoms with Crippen LogP contribution in [0.5, 0.6) is 5.88 Å². The molecule has 0 atom stereocenters. The largest absolute Gasteiger partial charge is 0.473 e.